The lowest BCUT2D eigenvalue weighted by Crippen LogP contribution is -2.67. The first-order chi connectivity index (χ1) is 7.63. The van der Waals surface area contributed by atoms with Crippen molar-refractivity contribution in [3.05, 3.63) is 36.5 Å². The van der Waals surface area contributed by atoms with E-state index in [9.17, 15) is 9.11 Å². The fourth-order valence-electron chi connectivity index (χ4n) is 2.14. The second-order valence-electron chi connectivity index (χ2n) is 3.99. The molecule has 1 aromatic carbocycles. The number of carbonyl (C=O) groups is 1. The molecule has 0 aliphatic carbocycles. The molecule has 1 aromatic heterocycles. The SMILES string of the molecule is CC(=O)[B-]1(F)Oc2cccc3ccc[n+]1c23. The molecule has 1 unspecified atom stereocenters. The molecule has 80 valence electrons. The van der Waals surface area contributed by atoms with Gasteiger partial charge in [0.2, 0.25) is 5.52 Å². The number of rotatable bonds is 1. The van der Waals surface area contributed by atoms with Gasteiger partial charge in [-0.15, -0.1) is 0 Å². The van der Waals surface area contributed by atoms with Crippen molar-refractivity contribution in [2.75, 3.05) is 0 Å². The zero-order valence-corrected chi connectivity index (χ0v) is 8.68. The summed E-state index contributed by atoms with van der Waals surface area (Å²) in [5.41, 5.74) is 0.0383. The molecule has 0 saturated heterocycles. The number of para-hydroxylation sites is 1. The zero-order valence-electron chi connectivity index (χ0n) is 8.68. The number of hydrogen-bond donors (Lipinski definition) is 0. The zero-order chi connectivity index (χ0) is 11.3. The van der Waals surface area contributed by atoms with Crippen LogP contribution in [0.2, 0.25) is 0 Å². The molecule has 16 heavy (non-hydrogen) atoms. The van der Waals surface area contributed by atoms with Crippen LogP contribution in [0.3, 0.4) is 0 Å². The van der Waals surface area contributed by atoms with E-state index in [1.165, 1.54) is 11.4 Å². The summed E-state index contributed by atoms with van der Waals surface area (Å²) in [6.07, 6.45) is 1.54. The van der Waals surface area contributed by atoms with Crippen LogP contribution in [0, 0.1) is 0 Å². The number of carbonyl (C=O) groups excluding carboxylic acids is 1. The summed E-state index contributed by atoms with van der Waals surface area (Å²) in [5, 5.41) is 0.864. The summed E-state index contributed by atoms with van der Waals surface area (Å²) in [6, 6.07) is 8.88. The van der Waals surface area contributed by atoms with E-state index in [-0.39, 0.29) is 0 Å². The van der Waals surface area contributed by atoms with Gasteiger partial charge in [0.25, 0.3) is 0 Å². The van der Waals surface area contributed by atoms with Crippen molar-refractivity contribution in [3.8, 4) is 5.75 Å². The third-order valence-electron chi connectivity index (χ3n) is 2.95. The van der Waals surface area contributed by atoms with E-state index in [1.54, 1.807) is 24.4 Å². The molecule has 0 saturated carbocycles. The van der Waals surface area contributed by atoms with Gasteiger partial charge in [-0.3, -0.25) is 0 Å². The second-order valence-corrected chi connectivity index (χ2v) is 3.99. The van der Waals surface area contributed by atoms with Crippen LogP contribution in [0.5, 0.6) is 5.75 Å². The van der Waals surface area contributed by atoms with E-state index >= 15 is 0 Å². The molecular formula is C11H9BFNO2. The number of benzene rings is 1. The Bertz CT molecular complexity index is 611. The predicted octanol–water partition coefficient (Wildman–Crippen LogP) is 1.40. The van der Waals surface area contributed by atoms with Crippen molar-refractivity contribution < 1.29 is 18.2 Å². The van der Waals surface area contributed by atoms with Gasteiger partial charge in [-0.1, -0.05) is 6.07 Å². The summed E-state index contributed by atoms with van der Waals surface area (Å²) in [6.45, 7) is -1.91. The van der Waals surface area contributed by atoms with Gasteiger partial charge < -0.3 is 18.2 Å². The largest absolute Gasteiger partial charge is 0.699 e. The van der Waals surface area contributed by atoms with Gasteiger partial charge >= 0.3 is 6.76 Å². The van der Waals surface area contributed by atoms with Crippen LogP contribution in [-0.2, 0) is 4.79 Å². The minimum absolute atomic E-state index is 0.427. The maximum absolute atomic E-state index is 14.5. The lowest BCUT2D eigenvalue weighted by Gasteiger charge is -2.17. The minimum atomic E-state index is -3.12. The third kappa shape index (κ3) is 0.974. The van der Waals surface area contributed by atoms with Crippen molar-refractivity contribution >= 4 is 23.3 Å². The Hall–Kier alpha value is -1.91. The first-order valence-corrected chi connectivity index (χ1v) is 5.09. The fourth-order valence-corrected chi connectivity index (χ4v) is 2.14. The Labute approximate surface area is 91.5 Å². The fraction of sp³-hybridized carbons (Fsp3) is 0.0909. The lowest BCUT2D eigenvalue weighted by atomic mass is 9.71. The average molecular weight is 217 g/mol. The van der Waals surface area contributed by atoms with Gasteiger partial charge in [-0.2, -0.15) is 0 Å². The number of pyridine rings is 1. The molecule has 0 amide bonds. The molecule has 0 bridgehead atoms. The van der Waals surface area contributed by atoms with Crippen LogP contribution in [0.25, 0.3) is 10.9 Å². The van der Waals surface area contributed by atoms with Crippen LogP contribution < -0.4 is 9.13 Å². The highest BCUT2D eigenvalue weighted by molar-refractivity contribution is 6.91. The van der Waals surface area contributed by atoms with Gasteiger partial charge in [0.15, 0.2) is 0 Å². The van der Waals surface area contributed by atoms with Crippen LogP contribution in [0.15, 0.2) is 36.5 Å². The molecule has 2 aromatic rings. The van der Waals surface area contributed by atoms with E-state index < -0.39 is 12.4 Å². The number of aromatic nitrogens is 1. The topological polar surface area (TPSA) is 30.2 Å². The Balaban J connectivity index is 2.42. The molecule has 2 heterocycles. The molecule has 0 fully saturated rings. The van der Waals surface area contributed by atoms with Gasteiger partial charge in [0.1, 0.15) is 17.6 Å². The van der Waals surface area contributed by atoms with E-state index in [2.05, 4.69) is 0 Å². The molecule has 3 rings (SSSR count). The highest BCUT2D eigenvalue weighted by Gasteiger charge is 2.53. The van der Waals surface area contributed by atoms with Crippen molar-refractivity contribution in [3.63, 3.8) is 0 Å². The van der Waals surface area contributed by atoms with Crippen LogP contribution in [-0.4, -0.2) is 12.4 Å². The molecule has 1 atom stereocenters. The molecule has 1 aliphatic rings. The summed E-state index contributed by atoms with van der Waals surface area (Å²) in [7, 11) is 0. The molecule has 0 N–H and O–H groups in total. The van der Waals surface area contributed by atoms with E-state index in [0.29, 0.717) is 11.3 Å². The van der Waals surface area contributed by atoms with Gasteiger partial charge in [0, 0.05) is 5.39 Å². The van der Waals surface area contributed by atoms with Crippen molar-refractivity contribution in [1.29, 1.82) is 0 Å². The summed E-state index contributed by atoms with van der Waals surface area (Å²) < 4.78 is 20.9. The summed E-state index contributed by atoms with van der Waals surface area (Å²) in [4.78, 5) is 11.4. The van der Waals surface area contributed by atoms with Crippen LogP contribution in [0.4, 0.5) is 4.32 Å². The number of halogens is 1. The maximum Gasteiger partial charge on any atom is 0.699 e. The normalized spacial score (nSPS) is 22.1. The molecule has 3 nitrogen and oxygen atoms in total. The predicted molar refractivity (Wildman–Crippen MR) is 57.7 cm³/mol. The number of nitrogens with zero attached hydrogens (tertiary/aromatic N) is 1. The van der Waals surface area contributed by atoms with Crippen molar-refractivity contribution in [2.45, 2.75) is 6.92 Å². The number of hydrogen-bond acceptors (Lipinski definition) is 2. The van der Waals surface area contributed by atoms with Crippen molar-refractivity contribution in [1.82, 2.24) is 0 Å². The standard InChI is InChI=1S/C11H9BFNO2/c1-8(15)12(13)14-7-3-5-9-4-2-6-10(16-12)11(9)14/h2-7H,1H3. The van der Waals surface area contributed by atoms with E-state index in [4.69, 9.17) is 4.65 Å². The second kappa shape index (κ2) is 2.81. The quantitative estimate of drug-likeness (QED) is 0.676. The van der Waals surface area contributed by atoms with E-state index in [0.717, 1.165) is 5.39 Å². The Morgan fingerprint density at radius 1 is 1.38 bits per heavy atom. The Kier molecular flexibility index (Phi) is 1.64. The van der Waals surface area contributed by atoms with Gasteiger partial charge in [-0.05, 0) is 31.2 Å². The molecule has 0 radical (unpaired) electrons. The van der Waals surface area contributed by atoms with Crippen molar-refractivity contribution in [2.24, 2.45) is 0 Å². The maximum atomic E-state index is 14.5. The van der Waals surface area contributed by atoms with Gasteiger partial charge in [0.05, 0.1) is 0 Å². The first-order valence-electron chi connectivity index (χ1n) is 5.09. The first kappa shape index (κ1) is 9.33. The van der Waals surface area contributed by atoms with Crippen LogP contribution in [0.1, 0.15) is 6.92 Å². The molecule has 0 spiro atoms. The van der Waals surface area contributed by atoms with E-state index in [1.807, 2.05) is 12.1 Å². The minimum Gasteiger partial charge on any atom is -0.620 e. The molecule has 5 heteroatoms. The molecular weight excluding hydrogens is 208 g/mol. The van der Waals surface area contributed by atoms with Gasteiger partial charge in [-0.25, -0.2) is 0 Å². The Morgan fingerprint density at radius 2 is 2.12 bits per heavy atom. The average Bonchev–Trinajstić information content (AvgIpc) is 2.57. The summed E-state index contributed by atoms with van der Waals surface area (Å²) >= 11 is 0. The monoisotopic (exact) mass is 217 g/mol. The Morgan fingerprint density at radius 3 is 2.88 bits per heavy atom. The van der Waals surface area contributed by atoms with Crippen LogP contribution >= 0.6 is 0 Å². The third-order valence-corrected chi connectivity index (χ3v) is 2.95. The summed E-state index contributed by atoms with van der Waals surface area (Å²) in [5.74, 6) is 0.427. The smallest absolute Gasteiger partial charge is 0.620 e. The highest BCUT2D eigenvalue weighted by atomic mass is 19.1. The molecule has 1 aliphatic heterocycles. The highest BCUT2D eigenvalue weighted by Crippen LogP contribution is 2.30. The lowest BCUT2D eigenvalue weighted by molar-refractivity contribution is -0.528.